The summed E-state index contributed by atoms with van der Waals surface area (Å²) in [5, 5.41) is 5.60. The molecule has 0 saturated heterocycles. The van der Waals surface area contributed by atoms with Gasteiger partial charge in [-0.25, -0.2) is 4.99 Å². The lowest BCUT2D eigenvalue weighted by molar-refractivity contribution is -0.123. The Hall–Kier alpha value is -3.55. The summed E-state index contributed by atoms with van der Waals surface area (Å²) in [5.41, 5.74) is 7.69. The first-order valence-electron chi connectivity index (χ1n) is 11.1. The molecule has 0 radical (unpaired) electrons. The monoisotopic (exact) mass is 454 g/mol. The third-order valence-corrected chi connectivity index (χ3v) is 5.28. The molecule has 0 heterocycles. The minimum absolute atomic E-state index is 0.0619. The van der Waals surface area contributed by atoms with Crippen molar-refractivity contribution >= 4 is 17.8 Å². The van der Waals surface area contributed by atoms with Crippen LogP contribution in [0.25, 0.3) is 0 Å². The van der Waals surface area contributed by atoms with Crippen molar-refractivity contribution < 1.29 is 19.1 Å². The van der Waals surface area contributed by atoms with Gasteiger partial charge in [-0.15, -0.1) is 0 Å². The molecule has 2 aromatic carbocycles. The third kappa shape index (κ3) is 8.14. The van der Waals surface area contributed by atoms with Gasteiger partial charge in [0.05, 0.1) is 20.6 Å². The van der Waals surface area contributed by atoms with E-state index in [9.17, 15) is 9.59 Å². The minimum Gasteiger partial charge on any atom is -0.493 e. The molecule has 1 unspecified atom stereocenters. The molecular weight excluding hydrogens is 420 g/mol. The number of aliphatic imine (C=N–C) groups is 1. The maximum Gasteiger partial charge on any atom is 0.245 e. The number of carbonyl (C=O) groups excluding carboxylic acids is 2. The molecule has 0 aliphatic carbocycles. The highest BCUT2D eigenvalue weighted by atomic mass is 16.5. The fraction of sp³-hybridized carbons (Fsp3) is 0.400. The zero-order valence-corrected chi connectivity index (χ0v) is 19.8. The first kappa shape index (κ1) is 25.7. The maximum atomic E-state index is 12.9. The number of nitrogens with zero attached hydrogens (tertiary/aromatic N) is 1. The van der Waals surface area contributed by atoms with E-state index in [0.29, 0.717) is 17.9 Å². The summed E-state index contributed by atoms with van der Waals surface area (Å²) in [6.07, 6.45) is 2.09. The number of nitrogens with one attached hydrogen (secondary N) is 2. The number of carbonyl (C=O) groups is 2. The second-order valence-corrected chi connectivity index (χ2v) is 7.66. The predicted octanol–water partition coefficient (Wildman–Crippen LogP) is 2.59. The van der Waals surface area contributed by atoms with Gasteiger partial charge in [-0.05, 0) is 36.1 Å². The molecule has 0 aliphatic heterocycles. The van der Waals surface area contributed by atoms with Crippen LogP contribution in [-0.2, 0) is 22.4 Å². The molecule has 0 aromatic heterocycles. The number of hydrogen-bond acceptors (Lipinski definition) is 5. The lowest BCUT2D eigenvalue weighted by Crippen LogP contribution is -2.44. The Morgan fingerprint density at radius 1 is 0.970 bits per heavy atom. The Morgan fingerprint density at radius 2 is 1.64 bits per heavy atom. The van der Waals surface area contributed by atoms with Crippen molar-refractivity contribution in [2.24, 2.45) is 10.7 Å². The Kier molecular flexibility index (Phi) is 10.2. The van der Waals surface area contributed by atoms with Crippen molar-refractivity contribution in [1.29, 1.82) is 0 Å². The molecule has 0 fully saturated rings. The van der Waals surface area contributed by atoms with Gasteiger partial charge >= 0.3 is 0 Å². The number of guanidine groups is 1. The van der Waals surface area contributed by atoms with Gasteiger partial charge in [0.1, 0.15) is 6.04 Å². The second kappa shape index (κ2) is 13.1. The van der Waals surface area contributed by atoms with E-state index in [1.165, 1.54) is 7.11 Å². The Balaban J connectivity index is 2.12. The highest BCUT2D eigenvalue weighted by Crippen LogP contribution is 2.27. The van der Waals surface area contributed by atoms with Crippen molar-refractivity contribution in [3.05, 3.63) is 59.7 Å². The molecule has 2 rings (SSSR count). The molecule has 0 aliphatic rings. The number of methoxy groups -OCH3 is 2. The second-order valence-electron chi connectivity index (χ2n) is 7.66. The van der Waals surface area contributed by atoms with E-state index >= 15 is 0 Å². The molecule has 0 bridgehead atoms. The number of nitrogens with two attached hydrogens (primary N) is 1. The molecule has 4 N–H and O–H groups in total. The fourth-order valence-corrected chi connectivity index (χ4v) is 3.39. The normalized spacial score (nSPS) is 12.2. The number of hydrogen-bond donors (Lipinski definition) is 3. The largest absolute Gasteiger partial charge is 0.493 e. The molecule has 33 heavy (non-hydrogen) atoms. The van der Waals surface area contributed by atoms with Crippen molar-refractivity contribution in [1.82, 2.24) is 10.6 Å². The lowest BCUT2D eigenvalue weighted by Gasteiger charge is -2.19. The third-order valence-electron chi connectivity index (χ3n) is 5.28. The molecule has 1 atom stereocenters. The van der Waals surface area contributed by atoms with Crippen molar-refractivity contribution in [3.8, 4) is 11.5 Å². The van der Waals surface area contributed by atoms with Gasteiger partial charge in [0.2, 0.25) is 11.8 Å². The standard InChI is InChI=1S/C25H34N4O4/c1-5-19(6-2)27-24(31)20(14-17-10-8-7-9-11-17)28-25(26)29-23(30)16-18-12-13-21(32-3)22(15-18)33-4/h7-13,15,19-20H,5-6,14,16H2,1-4H3,(H,27,31)(H3,26,28,29,30). The van der Waals surface area contributed by atoms with Gasteiger partial charge in [-0.2, -0.15) is 0 Å². The van der Waals surface area contributed by atoms with E-state index in [1.807, 2.05) is 44.2 Å². The van der Waals surface area contributed by atoms with Crippen molar-refractivity contribution in [2.45, 2.75) is 51.6 Å². The van der Waals surface area contributed by atoms with Crippen LogP contribution in [0.15, 0.2) is 53.5 Å². The maximum absolute atomic E-state index is 12.9. The van der Waals surface area contributed by atoms with E-state index in [-0.39, 0.29) is 30.2 Å². The number of benzene rings is 2. The van der Waals surface area contributed by atoms with E-state index in [1.54, 1.807) is 25.3 Å². The summed E-state index contributed by atoms with van der Waals surface area (Å²) in [6.45, 7) is 4.04. The molecule has 0 saturated carbocycles. The molecule has 2 aromatic rings. The summed E-state index contributed by atoms with van der Waals surface area (Å²) in [7, 11) is 3.08. The molecule has 8 heteroatoms. The van der Waals surface area contributed by atoms with E-state index in [4.69, 9.17) is 15.2 Å². The Labute approximate surface area is 195 Å². The van der Waals surface area contributed by atoms with E-state index in [0.717, 1.165) is 24.0 Å². The van der Waals surface area contributed by atoms with Gasteiger partial charge in [0.15, 0.2) is 17.5 Å². The van der Waals surface area contributed by atoms with Gasteiger partial charge < -0.3 is 20.5 Å². The summed E-state index contributed by atoms with van der Waals surface area (Å²) in [6, 6.07) is 14.1. The van der Waals surface area contributed by atoms with E-state index < -0.39 is 6.04 Å². The lowest BCUT2D eigenvalue weighted by atomic mass is 10.0. The molecule has 178 valence electrons. The topological polar surface area (TPSA) is 115 Å². The van der Waals surface area contributed by atoms with Crippen molar-refractivity contribution in [2.75, 3.05) is 14.2 Å². The van der Waals surface area contributed by atoms with Crippen LogP contribution in [0.2, 0.25) is 0 Å². The average molecular weight is 455 g/mol. The highest BCUT2D eigenvalue weighted by molar-refractivity contribution is 5.98. The van der Waals surface area contributed by atoms with Gasteiger partial charge in [0.25, 0.3) is 0 Å². The fourth-order valence-electron chi connectivity index (χ4n) is 3.39. The molecule has 0 spiro atoms. The summed E-state index contributed by atoms with van der Waals surface area (Å²) < 4.78 is 10.5. The van der Waals surface area contributed by atoms with Crippen LogP contribution in [0.1, 0.15) is 37.8 Å². The smallest absolute Gasteiger partial charge is 0.245 e. The summed E-state index contributed by atoms with van der Waals surface area (Å²) in [5.74, 6) is 0.452. The number of rotatable bonds is 11. The quantitative estimate of drug-likeness (QED) is 0.357. The number of ether oxygens (including phenoxy) is 2. The van der Waals surface area contributed by atoms with Gasteiger partial charge in [-0.3, -0.25) is 14.9 Å². The Morgan fingerprint density at radius 3 is 2.24 bits per heavy atom. The zero-order valence-electron chi connectivity index (χ0n) is 19.8. The van der Waals surface area contributed by atoms with Crippen LogP contribution in [0.5, 0.6) is 11.5 Å². The summed E-state index contributed by atoms with van der Waals surface area (Å²) in [4.78, 5) is 29.8. The SMILES string of the molecule is CCC(CC)NC(=O)C(Cc1ccccc1)N=C(N)NC(=O)Cc1ccc(OC)c(OC)c1. The van der Waals surface area contributed by atoms with E-state index in [2.05, 4.69) is 15.6 Å². The van der Waals surface area contributed by atoms with Gasteiger partial charge in [0, 0.05) is 12.5 Å². The van der Waals surface area contributed by atoms with Crippen LogP contribution in [-0.4, -0.2) is 44.1 Å². The summed E-state index contributed by atoms with van der Waals surface area (Å²) >= 11 is 0. The number of amides is 2. The molecule has 8 nitrogen and oxygen atoms in total. The van der Waals surface area contributed by atoms with Crippen LogP contribution in [0, 0.1) is 0 Å². The molecule has 2 amide bonds. The average Bonchev–Trinajstić information content (AvgIpc) is 2.82. The van der Waals surface area contributed by atoms with Crippen LogP contribution in [0.4, 0.5) is 0 Å². The zero-order chi connectivity index (χ0) is 24.2. The highest BCUT2D eigenvalue weighted by Gasteiger charge is 2.21. The Bertz CT molecular complexity index is 943. The van der Waals surface area contributed by atoms with Crippen LogP contribution in [0.3, 0.4) is 0 Å². The molecular formula is C25H34N4O4. The minimum atomic E-state index is -0.755. The predicted molar refractivity (Wildman–Crippen MR) is 129 cm³/mol. The first-order valence-corrected chi connectivity index (χ1v) is 11.1. The van der Waals surface area contributed by atoms with Gasteiger partial charge in [-0.1, -0.05) is 50.2 Å². The van der Waals surface area contributed by atoms with Crippen LogP contribution >= 0.6 is 0 Å². The first-order chi connectivity index (χ1) is 15.9. The van der Waals surface area contributed by atoms with Crippen LogP contribution < -0.4 is 25.8 Å². The van der Waals surface area contributed by atoms with Crippen molar-refractivity contribution in [3.63, 3.8) is 0 Å².